The fourth-order valence-corrected chi connectivity index (χ4v) is 10.8. The predicted octanol–water partition coefficient (Wildman–Crippen LogP) is 14.7. The van der Waals surface area contributed by atoms with Crippen LogP contribution in [-0.2, 0) is 26.5 Å². The second-order valence-electron chi connectivity index (χ2n) is 17.1. The monoisotopic (exact) mass is 1040 g/mol. The number of anilines is 3. The number of rotatable bonds is 7. The van der Waals surface area contributed by atoms with E-state index >= 15 is 0 Å². The van der Waals surface area contributed by atoms with E-state index < -0.39 is 12.4 Å². The summed E-state index contributed by atoms with van der Waals surface area (Å²) in [5.74, 6) is 0.787. The molecule has 2 aliphatic rings. The van der Waals surface area contributed by atoms with Gasteiger partial charge in [-0.05, 0) is 91.4 Å². The zero-order chi connectivity index (χ0) is 46.3. The second-order valence-corrected chi connectivity index (χ2v) is 17.1. The Kier molecular flexibility index (Phi) is 9.09. The molecule has 9 aromatic carbocycles. The average molecular weight is 1040 g/mol. The Morgan fingerprint density at radius 2 is 1.10 bits per heavy atom. The van der Waals surface area contributed by atoms with Gasteiger partial charge in [0.25, 0.3) is 0 Å². The van der Waals surface area contributed by atoms with Crippen molar-refractivity contribution in [3.63, 3.8) is 0 Å². The van der Waals surface area contributed by atoms with Crippen molar-refractivity contribution in [3.05, 3.63) is 259 Å². The standard InChI is InChI=1S/C62H42N4.Pt/c1-64-41-65(58-33-15-14-32-57(58)64)47-23-16-22-45(39-47)62(54-29-11-8-24-50(54)51-25-9-12-30-55(51)62)46-34-35-53-52-26-10-13-31-56(52)66(59(53)40-46)60-38-44(36-37-63-60)61-48(42-18-4-2-5-19-42)27-17-28-49(61)43-20-6-3-7-21-43;/h2-38H,41H2,1H3;/q-2;+2/i1D3;. The van der Waals surface area contributed by atoms with Gasteiger partial charge in [0.15, 0.2) is 0 Å². The minimum Gasteiger partial charge on any atom is -0.355 e. The van der Waals surface area contributed by atoms with Crippen molar-refractivity contribution >= 4 is 38.9 Å². The minimum absolute atomic E-state index is 0. The molecule has 0 amide bonds. The summed E-state index contributed by atoms with van der Waals surface area (Å²) in [4.78, 5) is 8.73. The number of aromatic nitrogens is 2. The summed E-state index contributed by atoms with van der Waals surface area (Å²) >= 11 is 0. The quantitative estimate of drug-likeness (QED) is 0.149. The van der Waals surface area contributed by atoms with Gasteiger partial charge in [0.05, 0.1) is 18.0 Å². The third-order valence-electron chi connectivity index (χ3n) is 13.7. The molecule has 4 nitrogen and oxygen atoms in total. The van der Waals surface area contributed by atoms with Gasteiger partial charge in [-0.1, -0.05) is 169 Å². The van der Waals surface area contributed by atoms with Crippen LogP contribution in [0.1, 0.15) is 26.4 Å². The molecule has 0 unspecified atom stereocenters. The first-order chi connectivity index (χ1) is 33.9. The number of benzene rings is 9. The Bertz CT molecular complexity index is 3690. The van der Waals surface area contributed by atoms with Gasteiger partial charge in [0, 0.05) is 28.2 Å². The molecule has 0 N–H and O–H groups in total. The molecule has 5 heteroatoms. The smallest absolute Gasteiger partial charge is 0.355 e. The van der Waals surface area contributed by atoms with Crippen LogP contribution in [0.5, 0.6) is 0 Å². The third kappa shape index (κ3) is 6.28. The second kappa shape index (κ2) is 16.3. The van der Waals surface area contributed by atoms with Crippen LogP contribution in [-0.4, -0.2) is 23.2 Å². The van der Waals surface area contributed by atoms with Crippen molar-refractivity contribution in [2.75, 3.05) is 23.4 Å². The molecule has 0 saturated carbocycles. The van der Waals surface area contributed by atoms with E-state index in [-0.39, 0.29) is 27.7 Å². The minimum atomic E-state index is -2.32. The number of para-hydroxylation sites is 3. The van der Waals surface area contributed by atoms with E-state index in [0.29, 0.717) is 5.69 Å². The molecule has 13 rings (SSSR count). The van der Waals surface area contributed by atoms with Crippen LogP contribution in [0.3, 0.4) is 0 Å². The van der Waals surface area contributed by atoms with Crippen LogP contribution in [0.15, 0.2) is 225 Å². The van der Waals surface area contributed by atoms with Crippen LogP contribution in [0.4, 0.5) is 17.1 Å². The van der Waals surface area contributed by atoms with E-state index in [1.165, 1.54) is 4.90 Å². The zero-order valence-corrected chi connectivity index (χ0v) is 38.4. The number of hydrogen-bond acceptors (Lipinski definition) is 3. The Hall–Kier alpha value is -7.78. The van der Waals surface area contributed by atoms with Gasteiger partial charge in [-0.15, -0.1) is 22.6 Å². The maximum absolute atomic E-state index is 8.44. The molecule has 0 saturated heterocycles. The van der Waals surface area contributed by atoms with Crippen LogP contribution in [0.2, 0.25) is 0 Å². The van der Waals surface area contributed by atoms with Gasteiger partial charge in [0.2, 0.25) is 0 Å². The number of fused-ring (bicyclic) bond motifs is 7. The molecular formula is C62H42N4Pt. The molecule has 11 aromatic rings. The van der Waals surface area contributed by atoms with E-state index in [2.05, 4.69) is 210 Å². The summed E-state index contributed by atoms with van der Waals surface area (Å²) in [6, 6.07) is 84.6. The van der Waals surface area contributed by atoms with Crippen molar-refractivity contribution in [1.29, 1.82) is 0 Å². The molecule has 67 heavy (non-hydrogen) atoms. The molecule has 0 bridgehead atoms. The summed E-state index contributed by atoms with van der Waals surface area (Å²) in [7, 11) is 0. The van der Waals surface area contributed by atoms with Gasteiger partial charge in [0.1, 0.15) is 5.82 Å². The molecule has 320 valence electrons. The molecule has 2 aromatic heterocycles. The molecule has 3 heterocycles. The summed E-state index contributed by atoms with van der Waals surface area (Å²) in [6.07, 6.45) is 1.93. The molecule has 0 radical (unpaired) electrons. The van der Waals surface area contributed by atoms with Crippen molar-refractivity contribution in [1.82, 2.24) is 9.55 Å². The summed E-state index contributed by atoms with van der Waals surface area (Å²) < 4.78 is 27.6. The van der Waals surface area contributed by atoms with E-state index in [1.54, 1.807) is 0 Å². The van der Waals surface area contributed by atoms with Gasteiger partial charge in [-0.25, -0.2) is 4.98 Å². The largest absolute Gasteiger partial charge is 2.00 e. The van der Waals surface area contributed by atoms with Crippen LogP contribution in [0.25, 0.3) is 72.1 Å². The topological polar surface area (TPSA) is 24.3 Å². The van der Waals surface area contributed by atoms with E-state index in [4.69, 9.17) is 9.10 Å². The Morgan fingerprint density at radius 1 is 0.507 bits per heavy atom. The van der Waals surface area contributed by atoms with Gasteiger partial charge < -0.3 is 14.4 Å². The molecule has 0 fully saturated rings. The van der Waals surface area contributed by atoms with Crippen LogP contribution < -0.4 is 9.80 Å². The van der Waals surface area contributed by atoms with Gasteiger partial charge >= 0.3 is 21.1 Å². The van der Waals surface area contributed by atoms with Crippen molar-refractivity contribution in [2.45, 2.75) is 5.41 Å². The Morgan fingerprint density at radius 3 is 1.82 bits per heavy atom. The summed E-state index contributed by atoms with van der Waals surface area (Å²) in [5, 5.41) is 2.18. The van der Waals surface area contributed by atoms with Crippen LogP contribution >= 0.6 is 0 Å². The zero-order valence-electron chi connectivity index (χ0n) is 39.2. The SMILES string of the molecule is [2H]C([2H])([2H])N1CN(c2[c-]c(C3(c4[c-]c5c(cc4)c4ccccc4n5-c4cc(-c5c(-c6ccccc6)cccc5-c5ccccc5)ccn4)c4ccccc4-c4ccccc43)ccc2)c2ccccc21.[Pt+2]. The molecule has 1 aliphatic carbocycles. The van der Waals surface area contributed by atoms with Gasteiger partial charge in [-0.3, -0.25) is 0 Å². The van der Waals surface area contributed by atoms with Crippen molar-refractivity contribution in [3.8, 4) is 50.3 Å². The number of pyridine rings is 1. The summed E-state index contributed by atoms with van der Waals surface area (Å²) in [5.41, 5.74) is 16.6. The Labute approximate surface area is 409 Å². The number of nitrogens with zero attached hydrogens (tertiary/aromatic N) is 4. The number of hydrogen-bond donors (Lipinski definition) is 0. The van der Waals surface area contributed by atoms with Gasteiger partial charge in [-0.2, -0.15) is 36.4 Å². The maximum atomic E-state index is 8.44. The summed E-state index contributed by atoms with van der Waals surface area (Å²) in [6.45, 7) is -2.15. The van der Waals surface area contributed by atoms with E-state index in [9.17, 15) is 0 Å². The molecule has 0 spiro atoms. The van der Waals surface area contributed by atoms with Crippen molar-refractivity contribution in [2.24, 2.45) is 0 Å². The molecular weight excluding hydrogens is 996 g/mol. The third-order valence-corrected chi connectivity index (χ3v) is 13.7. The molecule has 0 atom stereocenters. The maximum Gasteiger partial charge on any atom is 2.00 e. The van der Waals surface area contributed by atoms with E-state index in [1.807, 2.05) is 36.5 Å². The fraction of sp³-hybridized carbons (Fsp3) is 0.0484. The first kappa shape index (κ1) is 37.4. The average Bonchev–Trinajstić information content (AvgIpc) is 4.06. The first-order valence-corrected chi connectivity index (χ1v) is 22.4. The normalized spacial score (nSPS) is 14.2. The van der Waals surface area contributed by atoms with E-state index in [0.717, 1.165) is 106 Å². The predicted molar refractivity (Wildman–Crippen MR) is 272 cm³/mol. The Balaban J connectivity index is 0.00000505. The van der Waals surface area contributed by atoms with Crippen molar-refractivity contribution < 1.29 is 25.2 Å². The first-order valence-electron chi connectivity index (χ1n) is 23.9. The fourth-order valence-electron chi connectivity index (χ4n) is 10.8. The molecule has 1 aliphatic heterocycles. The van der Waals surface area contributed by atoms with Crippen LogP contribution in [0, 0.1) is 12.1 Å².